The molecule has 2 rings (SSSR count). The van der Waals surface area contributed by atoms with Crippen LogP contribution in [0.3, 0.4) is 0 Å². The predicted octanol–water partition coefficient (Wildman–Crippen LogP) is 1.99. The van der Waals surface area contributed by atoms with E-state index in [0.29, 0.717) is 11.5 Å². The van der Waals surface area contributed by atoms with Gasteiger partial charge in [0.15, 0.2) is 0 Å². The second-order valence-electron chi connectivity index (χ2n) is 5.68. The molecule has 0 aliphatic heterocycles. The van der Waals surface area contributed by atoms with Gasteiger partial charge in [-0.1, -0.05) is 13.8 Å². The molecule has 0 aromatic carbocycles. The lowest BCUT2D eigenvalue weighted by Crippen LogP contribution is -2.30. The van der Waals surface area contributed by atoms with E-state index in [2.05, 4.69) is 37.4 Å². The predicted molar refractivity (Wildman–Crippen MR) is 66.3 cm³/mol. The van der Waals surface area contributed by atoms with Gasteiger partial charge in [-0.3, -0.25) is 4.68 Å². The van der Waals surface area contributed by atoms with Gasteiger partial charge < -0.3 is 5.32 Å². The average Bonchev–Trinajstić information content (AvgIpc) is 2.67. The van der Waals surface area contributed by atoms with E-state index in [1.165, 1.54) is 18.5 Å². The van der Waals surface area contributed by atoms with Crippen LogP contribution in [-0.4, -0.2) is 22.9 Å². The monoisotopic (exact) mass is 221 g/mol. The SMILES string of the molecule is CNC(CCc1ccnn1C)C1CC1(C)C. The smallest absolute Gasteiger partial charge is 0.0492 e. The van der Waals surface area contributed by atoms with Crippen LogP contribution in [-0.2, 0) is 13.5 Å². The highest BCUT2D eigenvalue weighted by Crippen LogP contribution is 2.54. The van der Waals surface area contributed by atoms with Crippen LogP contribution in [0.15, 0.2) is 12.3 Å². The molecule has 1 aromatic rings. The van der Waals surface area contributed by atoms with Crippen LogP contribution in [0.2, 0.25) is 0 Å². The van der Waals surface area contributed by atoms with Crippen molar-refractivity contribution in [2.24, 2.45) is 18.4 Å². The maximum Gasteiger partial charge on any atom is 0.0492 e. The Morgan fingerprint density at radius 2 is 2.31 bits per heavy atom. The third-order valence-electron chi connectivity index (χ3n) is 4.08. The number of aromatic nitrogens is 2. The van der Waals surface area contributed by atoms with E-state index >= 15 is 0 Å². The summed E-state index contributed by atoms with van der Waals surface area (Å²) in [4.78, 5) is 0. The molecule has 1 N–H and O–H groups in total. The number of rotatable bonds is 5. The highest BCUT2D eigenvalue weighted by molar-refractivity contribution is 5.05. The molecule has 3 heteroatoms. The lowest BCUT2D eigenvalue weighted by Gasteiger charge is -2.17. The Morgan fingerprint density at radius 3 is 2.75 bits per heavy atom. The summed E-state index contributed by atoms with van der Waals surface area (Å²) in [5.41, 5.74) is 1.89. The Kier molecular flexibility index (Phi) is 3.06. The number of hydrogen-bond acceptors (Lipinski definition) is 2. The molecule has 0 radical (unpaired) electrons. The molecule has 0 spiro atoms. The summed E-state index contributed by atoms with van der Waals surface area (Å²) in [6, 6.07) is 2.77. The van der Waals surface area contributed by atoms with Gasteiger partial charge in [0, 0.05) is 25.0 Å². The van der Waals surface area contributed by atoms with Gasteiger partial charge in [-0.15, -0.1) is 0 Å². The van der Waals surface area contributed by atoms with Crippen LogP contribution >= 0.6 is 0 Å². The van der Waals surface area contributed by atoms with Gasteiger partial charge in [0.1, 0.15) is 0 Å². The van der Waals surface area contributed by atoms with Crippen molar-refractivity contribution >= 4 is 0 Å². The number of nitrogens with zero attached hydrogens (tertiary/aromatic N) is 2. The minimum atomic E-state index is 0.556. The number of aryl methyl sites for hydroxylation is 2. The van der Waals surface area contributed by atoms with Crippen molar-refractivity contribution in [1.82, 2.24) is 15.1 Å². The van der Waals surface area contributed by atoms with E-state index in [0.717, 1.165) is 12.3 Å². The van der Waals surface area contributed by atoms with Gasteiger partial charge in [0.2, 0.25) is 0 Å². The van der Waals surface area contributed by atoms with Gasteiger partial charge in [-0.25, -0.2) is 0 Å². The first kappa shape index (κ1) is 11.6. The quantitative estimate of drug-likeness (QED) is 0.824. The normalized spacial score (nSPS) is 24.4. The molecule has 1 aliphatic carbocycles. The minimum absolute atomic E-state index is 0.556. The summed E-state index contributed by atoms with van der Waals surface area (Å²) in [6.45, 7) is 4.73. The van der Waals surface area contributed by atoms with Crippen molar-refractivity contribution in [2.75, 3.05) is 7.05 Å². The van der Waals surface area contributed by atoms with Crippen molar-refractivity contribution < 1.29 is 0 Å². The van der Waals surface area contributed by atoms with Crippen molar-refractivity contribution in [2.45, 2.75) is 39.2 Å². The highest BCUT2D eigenvalue weighted by atomic mass is 15.2. The molecule has 1 aromatic heterocycles. The Labute approximate surface area is 98.2 Å². The van der Waals surface area contributed by atoms with Crippen molar-refractivity contribution in [3.05, 3.63) is 18.0 Å². The summed E-state index contributed by atoms with van der Waals surface area (Å²) < 4.78 is 1.98. The molecule has 16 heavy (non-hydrogen) atoms. The lowest BCUT2D eigenvalue weighted by molar-refractivity contribution is 0.404. The fourth-order valence-corrected chi connectivity index (χ4v) is 2.69. The van der Waals surface area contributed by atoms with Crippen LogP contribution in [0.25, 0.3) is 0 Å². The fraction of sp³-hybridized carbons (Fsp3) is 0.769. The Balaban J connectivity index is 1.87. The van der Waals surface area contributed by atoms with Gasteiger partial charge in [0.25, 0.3) is 0 Å². The van der Waals surface area contributed by atoms with Crippen molar-refractivity contribution in [3.63, 3.8) is 0 Å². The molecule has 1 aliphatic rings. The Morgan fingerprint density at radius 1 is 1.62 bits per heavy atom. The number of nitrogens with one attached hydrogen (secondary N) is 1. The molecule has 0 saturated heterocycles. The van der Waals surface area contributed by atoms with Crippen LogP contribution < -0.4 is 5.32 Å². The zero-order chi connectivity index (χ0) is 11.8. The summed E-state index contributed by atoms with van der Waals surface area (Å²) in [5.74, 6) is 0.853. The standard InChI is InChI=1S/C13H23N3/c1-13(2)9-11(13)12(14-3)6-5-10-7-8-15-16(10)4/h7-8,11-12,14H,5-6,9H2,1-4H3. The van der Waals surface area contributed by atoms with Crippen LogP contribution in [0.1, 0.15) is 32.4 Å². The third-order valence-corrected chi connectivity index (χ3v) is 4.08. The number of hydrogen-bond donors (Lipinski definition) is 1. The molecule has 2 atom stereocenters. The summed E-state index contributed by atoms with van der Waals surface area (Å²) >= 11 is 0. The molecular weight excluding hydrogens is 198 g/mol. The first-order valence-electron chi connectivity index (χ1n) is 6.19. The van der Waals surface area contributed by atoms with Crippen LogP contribution in [0, 0.1) is 11.3 Å². The van der Waals surface area contributed by atoms with E-state index in [1.54, 1.807) is 0 Å². The van der Waals surface area contributed by atoms with Crippen LogP contribution in [0.4, 0.5) is 0 Å². The van der Waals surface area contributed by atoms with Gasteiger partial charge in [0.05, 0.1) is 0 Å². The Hall–Kier alpha value is -0.830. The van der Waals surface area contributed by atoms with E-state index in [-0.39, 0.29) is 0 Å². The molecule has 0 bridgehead atoms. The minimum Gasteiger partial charge on any atom is -0.317 e. The first-order chi connectivity index (χ1) is 7.54. The van der Waals surface area contributed by atoms with E-state index in [9.17, 15) is 0 Å². The Bertz CT molecular complexity index is 354. The maximum atomic E-state index is 4.21. The van der Waals surface area contributed by atoms with Crippen molar-refractivity contribution in [1.29, 1.82) is 0 Å². The largest absolute Gasteiger partial charge is 0.317 e. The first-order valence-corrected chi connectivity index (χ1v) is 6.19. The summed E-state index contributed by atoms with van der Waals surface area (Å²) in [6.07, 6.45) is 5.58. The molecule has 1 saturated carbocycles. The third kappa shape index (κ3) is 2.29. The summed E-state index contributed by atoms with van der Waals surface area (Å²) in [7, 11) is 4.10. The topological polar surface area (TPSA) is 29.9 Å². The van der Waals surface area contributed by atoms with Gasteiger partial charge in [-0.05, 0) is 43.7 Å². The van der Waals surface area contributed by atoms with Gasteiger partial charge in [-0.2, -0.15) is 5.10 Å². The molecule has 1 heterocycles. The zero-order valence-electron chi connectivity index (χ0n) is 10.8. The molecule has 0 amide bonds. The molecule has 2 unspecified atom stereocenters. The maximum absolute atomic E-state index is 4.21. The molecule has 90 valence electrons. The van der Waals surface area contributed by atoms with Crippen molar-refractivity contribution in [3.8, 4) is 0 Å². The molecular formula is C13H23N3. The average molecular weight is 221 g/mol. The van der Waals surface area contributed by atoms with E-state index in [1.807, 2.05) is 17.9 Å². The second kappa shape index (κ2) is 4.21. The zero-order valence-corrected chi connectivity index (χ0v) is 10.8. The van der Waals surface area contributed by atoms with E-state index in [4.69, 9.17) is 0 Å². The van der Waals surface area contributed by atoms with Gasteiger partial charge >= 0.3 is 0 Å². The van der Waals surface area contributed by atoms with E-state index < -0.39 is 0 Å². The lowest BCUT2D eigenvalue weighted by atomic mass is 9.99. The molecule has 1 fully saturated rings. The van der Waals surface area contributed by atoms with Crippen LogP contribution in [0.5, 0.6) is 0 Å². The highest BCUT2D eigenvalue weighted by Gasteiger charge is 2.49. The molecule has 3 nitrogen and oxygen atoms in total. The summed E-state index contributed by atoms with van der Waals surface area (Å²) in [5, 5.41) is 7.68. The fourth-order valence-electron chi connectivity index (χ4n) is 2.69. The second-order valence-corrected chi connectivity index (χ2v) is 5.68.